The lowest BCUT2D eigenvalue weighted by atomic mass is 9.48. The van der Waals surface area contributed by atoms with Crippen LogP contribution in [0.15, 0.2) is 54.3 Å². The Morgan fingerprint density at radius 2 is 1.90 bits per heavy atom. The molecule has 0 aromatic carbocycles. The maximum Gasteiger partial charge on any atom is 0.0701 e. The van der Waals surface area contributed by atoms with Gasteiger partial charge in [-0.15, -0.1) is 0 Å². The first kappa shape index (κ1) is 27.5. The lowest BCUT2D eigenvalue weighted by Crippen LogP contribution is -2.50. The summed E-state index contributed by atoms with van der Waals surface area (Å²) in [6.45, 7) is 17.8. The third-order valence-electron chi connectivity index (χ3n) is 13.7. The summed E-state index contributed by atoms with van der Waals surface area (Å²) in [5.74, 6) is 6.51. The highest BCUT2D eigenvalue weighted by molar-refractivity contribution is 5.79. The zero-order valence-corrected chi connectivity index (χ0v) is 25.7. The highest BCUT2D eigenvalue weighted by atomic mass is 14.7. The minimum Gasteiger partial charge on any atom is -0.256 e. The van der Waals surface area contributed by atoms with Gasteiger partial charge in [0, 0.05) is 6.20 Å². The van der Waals surface area contributed by atoms with E-state index < -0.39 is 0 Å². The van der Waals surface area contributed by atoms with Crippen molar-refractivity contribution in [1.82, 2.24) is 4.98 Å². The molecule has 6 rings (SSSR count). The van der Waals surface area contributed by atoms with Gasteiger partial charge in [0.05, 0.1) is 5.69 Å². The van der Waals surface area contributed by atoms with Crippen molar-refractivity contribution in [2.24, 2.45) is 58.2 Å². The first-order valence-corrected chi connectivity index (χ1v) is 16.8. The van der Waals surface area contributed by atoms with Gasteiger partial charge in [0.25, 0.3) is 0 Å². The predicted molar refractivity (Wildman–Crippen MR) is 166 cm³/mol. The molecule has 1 aromatic rings. The molecule has 0 amide bonds. The van der Waals surface area contributed by atoms with Crippen LogP contribution in [-0.2, 0) is 0 Å². The molecular weight excluding hydrogens is 470 g/mol. The molecule has 1 heterocycles. The summed E-state index contributed by atoms with van der Waals surface area (Å²) in [7, 11) is 0. The van der Waals surface area contributed by atoms with Crippen molar-refractivity contribution in [2.75, 3.05) is 0 Å². The van der Waals surface area contributed by atoms with Crippen LogP contribution in [0.2, 0.25) is 0 Å². The van der Waals surface area contributed by atoms with E-state index in [2.05, 4.69) is 58.9 Å². The van der Waals surface area contributed by atoms with Crippen LogP contribution in [0.25, 0.3) is 5.57 Å². The van der Waals surface area contributed by atoms with Crippen molar-refractivity contribution in [1.29, 1.82) is 0 Å². The van der Waals surface area contributed by atoms with Crippen molar-refractivity contribution in [3.63, 3.8) is 0 Å². The predicted octanol–water partition coefficient (Wildman–Crippen LogP) is 10.7. The molecule has 1 heteroatoms. The molecule has 5 aliphatic rings. The van der Waals surface area contributed by atoms with E-state index in [0.717, 1.165) is 41.2 Å². The number of allylic oxidation sites excluding steroid dienone is 5. The van der Waals surface area contributed by atoms with Crippen molar-refractivity contribution >= 4 is 5.57 Å². The van der Waals surface area contributed by atoms with E-state index in [9.17, 15) is 0 Å². The molecule has 10 atom stereocenters. The van der Waals surface area contributed by atoms with Gasteiger partial charge in [-0.25, -0.2) is 0 Å². The average molecular weight is 526 g/mol. The smallest absolute Gasteiger partial charge is 0.0701 e. The zero-order chi connectivity index (χ0) is 27.4. The highest BCUT2D eigenvalue weighted by Crippen LogP contribution is 2.69. The molecular formula is C38H55N. The second-order valence-electron chi connectivity index (χ2n) is 15.1. The number of nitrogens with zero attached hydrogens (tertiary/aromatic N) is 1. The molecule has 212 valence electrons. The molecule has 3 fully saturated rings. The molecule has 0 radical (unpaired) electrons. The van der Waals surface area contributed by atoms with Crippen LogP contribution in [0.1, 0.15) is 117 Å². The molecule has 0 N–H and O–H groups in total. The van der Waals surface area contributed by atoms with Crippen molar-refractivity contribution in [3.05, 3.63) is 60.0 Å². The Balaban J connectivity index is 1.26. The standard InChI is InChI=1S/C38H55N/c1-7-11-28-12-10-13-29(16-15-28)25(2)33-19-20-34-31-18-17-30-24-32(36-14-8-9-23-39-36)27(4)38(6,26(30)3)35(31)21-22-37(33,34)5/h8-9,14-15,23-26,29-31,33-35H,4,7,10-13,16-22H2,1-3,5-6H3. The van der Waals surface area contributed by atoms with E-state index in [1.54, 1.807) is 5.57 Å². The van der Waals surface area contributed by atoms with E-state index in [4.69, 9.17) is 11.6 Å². The van der Waals surface area contributed by atoms with E-state index in [1.165, 1.54) is 88.2 Å². The van der Waals surface area contributed by atoms with Crippen molar-refractivity contribution in [3.8, 4) is 0 Å². The Morgan fingerprint density at radius 1 is 1.05 bits per heavy atom. The summed E-state index contributed by atoms with van der Waals surface area (Å²) in [6, 6.07) is 6.39. The summed E-state index contributed by atoms with van der Waals surface area (Å²) < 4.78 is 0. The van der Waals surface area contributed by atoms with Gasteiger partial charge in [-0.1, -0.05) is 71.4 Å². The Morgan fingerprint density at radius 3 is 2.67 bits per heavy atom. The lowest BCUT2D eigenvalue weighted by Gasteiger charge is -2.57. The summed E-state index contributed by atoms with van der Waals surface area (Å²) in [6.07, 6.45) is 24.0. The van der Waals surface area contributed by atoms with Crippen LogP contribution in [-0.4, -0.2) is 4.98 Å². The SMILES string of the molecule is C=C1C(c2ccccn2)=CC2CCC3C4CCC(C(C)C5CC=C(CCC)CCC5)C4(C)CCC3C1(C)C2C. The Hall–Kier alpha value is -1.63. The molecule has 0 spiro atoms. The second kappa shape index (κ2) is 10.6. The first-order valence-electron chi connectivity index (χ1n) is 16.8. The van der Waals surface area contributed by atoms with E-state index in [0.29, 0.717) is 17.3 Å². The molecule has 1 aromatic heterocycles. The molecule has 1 nitrogen and oxygen atoms in total. The number of aromatic nitrogens is 1. The fraction of sp³-hybridized carbons (Fsp3) is 0.711. The molecule has 0 saturated heterocycles. The summed E-state index contributed by atoms with van der Waals surface area (Å²) in [5, 5.41) is 0. The third-order valence-corrected chi connectivity index (χ3v) is 13.7. The second-order valence-corrected chi connectivity index (χ2v) is 15.1. The van der Waals surface area contributed by atoms with Crippen LogP contribution in [0.5, 0.6) is 0 Å². The lowest BCUT2D eigenvalue weighted by molar-refractivity contribution is -0.0507. The monoisotopic (exact) mass is 525 g/mol. The van der Waals surface area contributed by atoms with Gasteiger partial charge in [-0.05, 0) is 152 Å². The number of fused-ring (bicyclic) bond motifs is 6. The van der Waals surface area contributed by atoms with Gasteiger partial charge in [0.2, 0.25) is 0 Å². The van der Waals surface area contributed by atoms with E-state index in [1.807, 2.05) is 12.3 Å². The number of hydrogen-bond donors (Lipinski definition) is 0. The fourth-order valence-corrected chi connectivity index (χ4v) is 11.3. The number of pyridine rings is 1. The number of hydrogen-bond acceptors (Lipinski definition) is 1. The minimum atomic E-state index is 0.181. The maximum absolute atomic E-state index is 4.87. The number of rotatable bonds is 5. The van der Waals surface area contributed by atoms with Crippen molar-refractivity contribution in [2.45, 2.75) is 112 Å². The van der Waals surface area contributed by atoms with Gasteiger partial charge >= 0.3 is 0 Å². The summed E-state index contributed by atoms with van der Waals surface area (Å²) >= 11 is 0. The molecule has 3 saturated carbocycles. The highest BCUT2D eigenvalue weighted by Gasteiger charge is 2.61. The van der Waals surface area contributed by atoms with Crippen LogP contribution in [0.3, 0.4) is 0 Å². The zero-order valence-electron chi connectivity index (χ0n) is 25.7. The summed E-state index contributed by atoms with van der Waals surface area (Å²) in [5.41, 5.74) is 6.35. The van der Waals surface area contributed by atoms with Crippen LogP contribution < -0.4 is 0 Å². The van der Waals surface area contributed by atoms with Gasteiger partial charge < -0.3 is 0 Å². The summed E-state index contributed by atoms with van der Waals surface area (Å²) in [4.78, 5) is 4.80. The first-order chi connectivity index (χ1) is 18.8. The van der Waals surface area contributed by atoms with E-state index >= 15 is 0 Å². The topological polar surface area (TPSA) is 12.9 Å². The third kappa shape index (κ3) is 4.44. The maximum atomic E-state index is 4.87. The fourth-order valence-electron chi connectivity index (χ4n) is 11.3. The molecule has 10 unspecified atom stereocenters. The van der Waals surface area contributed by atoms with Gasteiger partial charge in [-0.2, -0.15) is 0 Å². The van der Waals surface area contributed by atoms with E-state index in [-0.39, 0.29) is 5.41 Å². The minimum absolute atomic E-state index is 0.181. The van der Waals surface area contributed by atoms with Crippen molar-refractivity contribution < 1.29 is 0 Å². The van der Waals surface area contributed by atoms with Gasteiger partial charge in [-0.3, -0.25) is 4.98 Å². The average Bonchev–Trinajstić information content (AvgIpc) is 3.08. The molecule has 2 bridgehead atoms. The normalized spacial score (nSPS) is 42.9. The Bertz CT molecular complexity index is 1110. The molecule has 0 aliphatic heterocycles. The van der Waals surface area contributed by atoms with Gasteiger partial charge in [0.1, 0.15) is 0 Å². The van der Waals surface area contributed by atoms with Crippen LogP contribution in [0.4, 0.5) is 0 Å². The molecule has 5 aliphatic carbocycles. The Kier molecular flexibility index (Phi) is 7.52. The Labute approximate surface area is 240 Å². The van der Waals surface area contributed by atoms with Crippen LogP contribution in [0, 0.1) is 58.2 Å². The van der Waals surface area contributed by atoms with Gasteiger partial charge in [0.15, 0.2) is 0 Å². The molecule has 39 heavy (non-hydrogen) atoms. The van der Waals surface area contributed by atoms with Crippen LogP contribution >= 0.6 is 0 Å². The largest absolute Gasteiger partial charge is 0.256 e. The quantitative estimate of drug-likeness (QED) is 0.348.